The summed E-state index contributed by atoms with van der Waals surface area (Å²) in [5.41, 5.74) is 0.901. The van der Waals surface area contributed by atoms with Gasteiger partial charge in [0.05, 0.1) is 13.5 Å². The van der Waals surface area contributed by atoms with E-state index in [0.29, 0.717) is 11.3 Å². The molecule has 2 heterocycles. The third-order valence-electron chi connectivity index (χ3n) is 4.51. The molecule has 1 aromatic carbocycles. The van der Waals surface area contributed by atoms with Crippen molar-refractivity contribution in [1.29, 1.82) is 0 Å². The van der Waals surface area contributed by atoms with Gasteiger partial charge < -0.3 is 19.9 Å². The van der Waals surface area contributed by atoms with E-state index in [1.54, 1.807) is 24.3 Å². The molecule has 10 heteroatoms. The van der Waals surface area contributed by atoms with Crippen LogP contribution in [0.15, 0.2) is 35.5 Å². The summed E-state index contributed by atoms with van der Waals surface area (Å²) in [6.45, 7) is 1.04. The fraction of sp³-hybridized carbons (Fsp3) is 0.368. The van der Waals surface area contributed by atoms with E-state index < -0.39 is 29.3 Å². The number of methoxy groups -OCH3 is 1. The molecule has 0 spiro atoms. The Labute approximate surface area is 171 Å². The highest BCUT2D eigenvalue weighted by molar-refractivity contribution is 8.00. The monoisotopic (exact) mass is 420 g/mol. The molecule has 29 heavy (non-hydrogen) atoms. The predicted octanol–water partition coefficient (Wildman–Crippen LogP) is 0.539. The van der Waals surface area contributed by atoms with E-state index in [4.69, 9.17) is 9.47 Å². The second-order valence-electron chi connectivity index (χ2n) is 6.52. The van der Waals surface area contributed by atoms with Crippen LogP contribution in [-0.2, 0) is 30.3 Å². The number of aliphatic carboxylic acids is 1. The minimum absolute atomic E-state index is 0.0672. The van der Waals surface area contributed by atoms with Crippen molar-refractivity contribution < 1.29 is 33.8 Å². The summed E-state index contributed by atoms with van der Waals surface area (Å²) >= 11 is 1.32. The van der Waals surface area contributed by atoms with Crippen molar-refractivity contribution in [2.45, 2.75) is 24.8 Å². The zero-order valence-corrected chi connectivity index (χ0v) is 16.7. The smallest absolute Gasteiger partial charge is 0.352 e. The Morgan fingerprint density at radius 3 is 2.76 bits per heavy atom. The number of hydrogen-bond acceptors (Lipinski definition) is 7. The topological polar surface area (TPSA) is 122 Å². The van der Waals surface area contributed by atoms with Gasteiger partial charge in [0, 0.05) is 18.2 Å². The number of carbonyl (C=O) groups is 4. The van der Waals surface area contributed by atoms with Crippen LogP contribution in [0.25, 0.3) is 0 Å². The van der Waals surface area contributed by atoms with Crippen molar-refractivity contribution in [1.82, 2.24) is 10.2 Å². The maximum Gasteiger partial charge on any atom is 0.352 e. The Morgan fingerprint density at radius 2 is 2.10 bits per heavy atom. The number of nitrogens with zero attached hydrogens (tertiary/aromatic N) is 1. The molecule has 2 aliphatic heterocycles. The number of fused-ring (bicyclic) bond motifs is 1. The average Bonchev–Trinajstić information content (AvgIpc) is 2.69. The number of carboxylic acid groups (broad SMARTS) is 1. The van der Waals surface area contributed by atoms with Crippen LogP contribution >= 0.6 is 11.8 Å². The van der Waals surface area contributed by atoms with Gasteiger partial charge in [-0.15, -0.1) is 11.8 Å². The molecule has 0 saturated carbocycles. The first-order chi connectivity index (χ1) is 13.8. The number of thioether (sulfide) groups is 1. The molecule has 0 aromatic heterocycles. The lowest BCUT2D eigenvalue weighted by Crippen LogP contribution is -2.70. The Balaban J connectivity index is 1.67. The molecule has 0 unspecified atom stereocenters. The van der Waals surface area contributed by atoms with Gasteiger partial charge in [-0.25, -0.2) is 4.79 Å². The molecule has 1 aromatic rings. The second kappa shape index (κ2) is 8.56. The lowest BCUT2D eigenvalue weighted by Gasteiger charge is -2.49. The maximum absolute atomic E-state index is 12.6. The Kier molecular flexibility index (Phi) is 6.12. The van der Waals surface area contributed by atoms with Gasteiger partial charge in [-0.1, -0.05) is 12.1 Å². The number of benzene rings is 1. The minimum Gasteiger partial charge on any atom is -0.497 e. The number of carbonyl (C=O) groups excluding carboxylic acids is 3. The van der Waals surface area contributed by atoms with Crippen LogP contribution in [-0.4, -0.2) is 64.6 Å². The molecule has 0 radical (unpaired) electrons. The fourth-order valence-corrected chi connectivity index (χ4v) is 4.50. The van der Waals surface area contributed by atoms with E-state index in [-0.39, 0.29) is 30.4 Å². The number of β-lactam (4-membered cyclic amide) rings is 1. The highest BCUT2D eigenvalue weighted by Crippen LogP contribution is 2.40. The number of nitrogens with one attached hydrogen (secondary N) is 1. The van der Waals surface area contributed by atoms with Crippen LogP contribution < -0.4 is 10.1 Å². The van der Waals surface area contributed by atoms with Crippen molar-refractivity contribution in [3.8, 4) is 5.75 Å². The number of ether oxygens (including phenoxy) is 2. The van der Waals surface area contributed by atoms with Crippen LogP contribution in [0.3, 0.4) is 0 Å². The van der Waals surface area contributed by atoms with Gasteiger partial charge in [-0.3, -0.25) is 19.3 Å². The lowest BCUT2D eigenvalue weighted by atomic mass is 10.0. The summed E-state index contributed by atoms with van der Waals surface area (Å²) in [5.74, 6) is -1.74. The molecule has 2 aliphatic rings. The van der Waals surface area contributed by atoms with E-state index in [1.807, 2.05) is 0 Å². The molecule has 1 fully saturated rings. The maximum atomic E-state index is 12.6. The van der Waals surface area contributed by atoms with Crippen LogP contribution in [0.2, 0.25) is 0 Å². The largest absolute Gasteiger partial charge is 0.497 e. The molecule has 9 nitrogen and oxygen atoms in total. The van der Waals surface area contributed by atoms with Crippen molar-refractivity contribution in [3.63, 3.8) is 0 Å². The Hall–Kier alpha value is -3.01. The van der Waals surface area contributed by atoms with Gasteiger partial charge in [0.15, 0.2) is 0 Å². The number of hydrogen-bond donors (Lipinski definition) is 2. The summed E-state index contributed by atoms with van der Waals surface area (Å²) in [6, 6.07) is 6.24. The van der Waals surface area contributed by atoms with Gasteiger partial charge in [0.25, 0.3) is 5.91 Å². The summed E-state index contributed by atoms with van der Waals surface area (Å²) in [5, 5.41) is 11.7. The number of rotatable bonds is 7. The van der Waals surface area contributed by atoms with Gasteiger partial charge in [0.1, 0.15) is 29.5 Å². The van der Waals surface area contributed by atoms with E-state index in [0.717, 1.165) is 10.5 Å². The summed E-state index contributed by atoms with van der Waals surface area (Å²) in [6.07, 6.45) is 0.0672. The Bertz CT molecular complexity index is 898. The summed E-state index contributed by atoms with van der Waals surface area (Å²) in [7, 11) is 1.53. The van der Waals surface area contributed by atoms with Crippen molar-refractivity contribution in [3.05, 3.63) is 41.1 Å². The molecule has 3 rings (SSSR count). The average molecular weight is 420 g/mol. The zero-order valence-electron chi connectivity index (χ0n) is 15.8. The van der Waals surface area contributed by atoms with Gasteiger partial charge in [-0.2, -0.15) is 0 Å². The van der Waals surface area contributed by atoms with E-state index in [1.165, 1.54) is 25.8 Å². The molecule has 0 aliphatic carbocycles. The molecule has 2 amide bonds. The molecular formula is C19H20N2O7S. The molecular weight excluding hydrogens is 400 g/mol. The van der Waals surface area contributed by atoms with Crippen LogP contribution in [0.4, 0.5) is 0 Å². The van der Waals surface area contributed by atoms with Gasteiger partial charge in [0.2, 0.25) is 5.91 Å². The lowest BCUT2D eigenvalue weighted by molar-refractivity contribution is -0.151. The minimum atomic E-state index is -1.27. The summed E-state index contributed by atoms with van der Waals surface area (Å²) < 4.78 is 10.0. The van der Waals surface area contributed by atoms with Crippen LogP contribution in [0.5, 0.6) is 5.75 Å². The molecule has 1 saturated heterocycles. The highest BCUT2D eigenvalue weighted by atomic mass is 32.2. The van der Waals surface area contributed by atoms with Crippen molar-refractivity contribution >= 4 is 35.5 Å². The van der Waals surface area contributed by atoms with Gasteiger partial charge in [-0.05, 0) is 17.7 Å². The van der Waals surface area contributed by atoms with Gasteiger partial charge >= 0.3 is 11.9 Å². The first-order valence-electron chi connectivity index (χ1n) is 8.77. The SMILES string of the molecule is COc1cccc(CC(=O)N[C@@H]2C(=O)N3C(C(=O)O)=C(COC(C)=O)CS[C@H]23)c1. The number of amides is 2. The predicted molar refractivity (Wildman–Crippen MR) is 103 cm³/mol. The molecule has 2 N–H and O–H groups in total. The normalized spacial score (nSPS) is 20.5. The molecule has 0 bridgehead atoms. The summed E-state index contributed by atoms with van der Waals surface area (Å²) in [4.78, 5) is 48.8. The molecule has 2 atom stereocenters. The van der Waals surface area contributed by atoms with Crippen LogP contribution in [0.1, 0.15) is 12.5 Å². The third kappa shape index (κ3) is 4.37. The molecule has 154 valence electrons. The zero-order chi connectivity index (χ0) is 21.1. The van der Waals surface area contributed by atoms with E-state index in [9.17, 15) is 24.3 Å². The second-order valence-corrected chi connectivity index (χ2v) is 7.63. The number of esters is 1. The first-order valence-corrected chi connectivity index (χ1v) is 9.82. The third-order valence-corrected chi connectivity index (χ3v) is 5.85. The van der Waals surface area contributed by atoms with Crippen molar-refractivity contribution in [2.24, 2.45) is 0 Å². The van der Waals surface area contributed by atoms with E-state index >= 15 is 0 Å². The van der Waals surface area contributed by atoms with E-state index in [2.05, 4.69) is 5.32 Å². The standard InChI is InChI=1S/C19H20N2O7S/c1-10(22)28-8-12-9-29-18-15(17(24)21(18)16(12)19(25)26)20-14(23)7-11-4-3-5-13(6-11)27-2/h3-6,15,18H,7-9H2,1-2H3,(H,20,23)(H,25,26)/t15-,18-/m1/s1. The highest BCUT2D eigenvalue weighted by Gasteiger charge is 2.54. The van der Waals surface area contributed by atoms with Crippen molar-refractivity contribution in [2.75, 3.05) is 19.5 Å². The van der Waals surface area contributed by atoms with Crippen LogP contribution in [0, 0.1) is 0 Å². The fourth-order valence-electron chi connectivity index (χ4n) is 3.18. The Morgan fingerprint density at radius 1 is 1.34 bits per heavy atom. The number of carboxylic acids is 1. The quantitative estimate of drug-likeness (QED) is 0.484. The first kappa shape index (κ1) is 20.7.